The number of rotatable bonds is 6. The molecule has 6 aliphatic carbocycles. The summed E-state index contributed by atoms with van der Waals surface area (Å²) in [7, 11) is 0. The van der Waals surface area contributed by atoms with E-state index in [2.05, 4.69) is 91.6 Å². The predicted octanol–water partition coefficient (Wildman–Crippen LogP) is 6.31. The SMILES string of the molecule is CC1(C)[C@H]2CC[C@H](COC(C#Cc3ccccc3)OC[C@H]3CC[C@H]4C[C@@H]3C4(C)C)[C@@H]1C2.[C-]#[O+].[C-]#[O+].[C-]#[O+].[C-]#[O+].[C-]#[O+].[C-]#[O+].[Co].[Co]. The summed E-state index contributed by atoms with van der Waals surface area (Å²) in [6, 6.07) is 10.2. The number of ether oxygens (including phenoxy) is 2. The van der Waals surface area contributed by atoms with Crippen LogP contribution in [0.5, 0.6) is 0 Å². The van der Waals surface area contributed by atoms with Crippen LogP contribution in [0.4, 0.5) is 0 Å². The minimum Gasteiger partial charge on any atom is 0 e. The van der Waals surface area contributed by atoms with Gasteiger partial charge in [0, 0.05) is 39.1 Å². The van der Waals surface area contributed by atoms with E-state index < -0.39 is 6.29 Å². The van der Waals surface area contributed by atoms with Crippen molar-refractivity contribution in [3.8, 4) is 11.8 Å². The van der Waals surface area contributed by atoms with E-state index in [0.717, 1.165) is 42.4 Å². The second kappa shape index (κ2) is 27.3. The van der Waals surface area contributed by atoms with Crippen LogP contribution in [0.3, 0.4) is 0 Å². The smallest absolute Gasteiger partial charge is 0 e. The molecule has 10 heteroatoms. The summed E-state index contributed by atoms with van der Waals surface area (Å²) in [6.45, 7) is 38.4. The minimum absolute atomic E-state index is 0. The molecule has 8 nitrogen and oxygen atoms in total. The number of benzene rings is 1. The second-order valence-corrected chi connectivity index (χ2v) is 12.0. The Morgan fingerprint density at radius 2 is 1.00 bits per heavy atom. The van der Waals surface area contributed by atoms with Gasteiger partial charge in [0.05, 0.1) is 13.2 Å². The van der Waals surface area contributed by atoms with Crippen LogP contribution in [0.25, 0.3) is 0 Å². The van der Waals surface area contributed by atoms with E-state index in [9.17, 15) is 0 Å². The quantitative estimate of drug-likeness (QED) is 0.148. The largest absolute Gasteiger partial charge is 0 e. The molecule has 7 rings (SSSR count). The van der Waals surface area contributed by atoms with E-state index in [4.69, 9.17) is 37.4 Å². The molecule has 0 unspecified atom stereocenters. The van der Waals surface area contributed by atoms with Gasteiger partial charge in [0.15, 0.2) is 0 Å². The van der Waals surface area contributed by atoms with Gasteiger partial charge in [-0.3, -0.25) is 0 Å². The number of hydrogen-bond donors (Lipinski definition) is 0. The van der Waals surface area contributed by atoms with Crippen molar-refractivity contribution in [2.75, 3.05) is 13.2 Å². The summed E-state index contributed by atoms with van der Waals surface area (Å²) in [5.41, 5.74) is 2.01. The van der Waals surface area contributed by atoms with Crippen molar-refractivity contribution in [1.82, 2.24) is 0 Å². The maximum absolute atomic E-state index is 7.50. The zero-order valence-corrected chi connectivity index (χ0v) is 28.1. The first kappa shape index (κ1) is 50.0. The molecule has 0 aliphatic heterocycles. The second-order valence-electron chi connectivity index (χ2n) is 12.0. The average Bonchev–Trinajstić information content (AvgIpc) is 3.10. The summed E-state index contributed by atoms with van der Waals surface area (Å²) in [5.74, 6) is 11.4. The predicted molar refractivity (Wildman–Crippen MR) is 149 cm³/mol. The van der Waals surface area contributed by atoms with Crippen molar-refractivity contribution in [1.29, 1.82) is 0 Å². The molecule has 0 heterocycles. The molecule has 6 saturated carbocycles. The molecule has 6 atom stereocenters. The Balaban J connectivity index is -0.000000541. The first-order valence-corrected chi connectivity index (χ1v) is 13.9. The normalized spacial score (nSPS) is 25.5. The molecule has 0 spiro atoms. The van der Waals surface area contributed by atoms with Gasteiger partial charge in [-0.15, -0.1) is 0 Å². The first-order valence-electron chi connectivity index (χ1n) is 13.9. The van der Waals surface area contributed by atoms with E-state index >= 15 is 0 Å². The maximum atomic E-state index is 7.50. The maximum Gasteiger partial charge on any atom is 0 e. The summed E-state index contributed by atoms with van der Waals surface area (Å²) in [6.07, 6.45) is 7.69. The van der Waals surface area contributed by atoms with Crippen molar-refractivity contribution in [3.63, 3.8) is 0 Å². The van der Waals surface area contributed by atoms with Gasteiger partial charge in [-0.1, -0.05) is 51.8 Å². The third-order valence-electron chi connectivity index (χ3n) is 10.0. The zero-order chi connectivity index (χ0) is 33.6. The van der Waals surface area contributed by atoms with Gasteiger partial charge < -0.3 is 9.47 Å². The van der Waals surface area contributed by atoms with Crippen molar-refractivity contribution in [2.24, 2.45) is 46.3 Å². The van der Waals surface area contributed by atoms with Crippen molar-refractivity contribution in [3.05, 3.63) is 75.8 Å². The van der Waals surface area contributed by atoms with Crippen molar-refractivity contribution in [2.45, 2.75) is 72.5 Å². The Kier molecular flexibility index (Phi) is 30.3. The Morgan fingerprint density at radius 3 is 1.31 bits per heavy atom. The Morgan fingerprint density at radius 1 is 0.644 bits per heavy atom. The van der Waals surface area contributed by atoms with E-state index in [0.29, 0.717) is 22.7 Å². The molecule has 0 N–H and O–H groups in total. The number of hydrogen-bond acceptors (Lipinski definition) is 2. The van der Waals surface area contributed by atoms with Gasteiger partial charge in [-0.05, 0) is 103 Å². The Bertz CT molecular complexity index is 1020. The van der Waals surface area contributed by atoms with E-state index in [1.807, 2.05) is 18.2 Å². The van der Waals surface area contributed by atoms with Crippen LogP contribution in [-0.2, 0) is 70.9 Å². The fourth-order valence-corrected chi connectivity index (χ4v) is 7.54. The third-order valence-corrected chi connectivity index (χ3v) is 10.0. The molecule has 1 aromatic rings. The molecule has 4 bridgehead atoms. The van der Waals surface area contributed by atoms with E-state index in [1.165, 1.54) is 38.5 Å². The molecular formula is C35H40Co2O8. The first-order chi connectivity index (χ1) is 20.9. The van der Waals surface area contributed by atoms with Crippen LogP contribution in [0.1, 0.15) is 71.8 Å². The zero-order valence-electron chi connectivity index (χ0n) is 26.0. The summed E-state index contributed by atoms with van der Waals surface area (Å²) in [5, 5.41) is 0. The fraction of sp³-hybridized carbons (Fsp3) is 0.600. The standard InChI is InChI=1S/C29H40O2.6CO.2Co/c1-28(2)23-13-11-21(25(28)16-23)18-30-27(15-10-20-8-6-5-7-9-20)31-19-22-12-14-24-17-26(22)29(24,3)4;6*1-2;;/h5-9,21-27H,11-14,16-19H2,1-4H3;;;;;;;;/t21-,22-,23+,24+,25+,26+;;;;;;;;/m1......../s1. The molecule has 6 fully saturated rings. The van der Waals surface area contributed by atoms with Crippen LogP contribution in [0, 0.1) is 98.1 Å². The molecule has 2 radical (unpaired) electrons. The van der Waals surface area contributed by atoms with Gasteiger partial charge in [-0.2, -0.15) is 0 Å². The van der Waals surface area contributed by atoms with Crippen LogP contribution in [-0.4, -0.2) is 19.5 Å². The summed E-state index contributed by atoms with van der Waals surface area (Å²) >= 11 is 0. The minimum atomic E-state index is -0.415. The molecule has 1 aromatic carbocycles. The van der Waals surface area contributed by atoms with Gasteiger partial charge in [-0.25, -0.2) is 0 Å². The van der Waals surface area contributed by atoms with Crippen molar-refractivity contribution >= 4 is 0 Å². The third kappa shape index (κ3) is 13.4. The van der Waals surface area contributed by atoms with Crippen molar-refractivity contribution < 1.29 is 70.9 Å². The molecular weight excluding hydrogens is 666 g/mol. The molecule has 45 heavy (non-hydrogen) atoms. The number of fused-ring (bicyclic) bond motifs is 4. The molecule has 0 saturated heterocycles. The van der Waals surface area contributed by atoms with Crippen LogP contribution >= 0.6 is 0 Å². The van der Waals surface area contributed by atoms with Gasteiger partial charge in [0.25, 0.3) is 0 Å². The summed E-state index contributed by atoms with van der Waals surface area (Å²) < 4.78 is 57.8. The molecule has 0 aromatic heterocycles. The average molecular weight is 707 g/mol. The topological polar surface area (TPSA) is 138 Å². The molecule has 246 valence electrons. The molecule has 6 aliphatic rings. The fourth-order valence-electron chi connectivity index (χ4n) is 7.54. The van der Waals surface area contributed by atoms with E-state index in [-0.39, 0.29) is 33.6 Å². The Labute approximate surface area is 289 Å². The van der Waals surface area contributed by atoms with Crippen LogP contribution in [0.2, 0.25) is 0 Å². The summed E-state index contributed by atoms with van der Waals surface area (Å²) in [4.78, 5) is 0. The van der Waals surface area contributed by atoms with E-state index in [1.54, 1.807) is 0 Å². The van der Waals surface area contributed by atoms with Gasteiger partial charge in [0.1, 0.15) is 0 Å². The van der Waals surface area contributed by atoms with Gasteiger partial charge in [0.2, 0.25) is 6.29 Å². The molecule has 0 amide bonds. The van der Waals surface area contributed by atoms with Crippen LogP contribution < -0.4 is 0 Å². The van der Waals surface area contributed by atoms with Gasteiger partial charge >= 0.3 is 67.8 Å². The van der Waals surface area contributed by atoms with Crippen LogP contribution in [0.15, 0.2) is 30.3 Å². The monoisotopic (exact) mass is 706 g/mol. The Hall–Kier alpha value is -1.85.